The number of nitrogens with zero attached hydrogens (tertiary/aromatic N) is 3. The molecule has 8 heteroatoms. The molecule has 2 aromatic rings. The van der Waals surface area contributed by atoms with Crippen molar-refractivity contribution in [1.82, 2.24) is 9.88 Å². The van der Waals surface area contributed by atoms with E-state index in [2.05, 4.69) is 20.1 Å². The fourth-order valence-electron chi connectivity index (χ4n) is 2.94. The van der Waals surface area contributed by atoms with Crippen LogP contribution in [0.3, 0.4) is 0 Å². The molecule has 1 aliphatic rings. The van der Waals surface area contributed by atoms with Gasteiger partial charge in [0.1, 0.15) is 5.82 Å². The van der Waals surface area contributed by atoms with Crippen LogP contribution in [0, 0.1) is 0 Å². The average Bonchev–Trinajstić information content (AvgIpc) is 2.69. The highest BCUT2D eigenvalue weighted by molar-refractivity contribution is 6.30. The maximum absolute atomic E-state index is 12.3. The smallest absolute Gasteiger partial charge is 0.337 e. The Morgan fingerprint density at radius 2 is 1.96 bits per heavy atom. The molecule has 1 aliphatic heterocycles. The van der Waals surface area contributed by atoms with Crippen molar-refractivity contribution in [3.05, 3.63) is 53.2 Å². The highest BCUT2D eigenvalue weighted by atomic mass is 35.5. The summed E-state index contributed by atoms with van der Waals surface area (Å²) in [5.74, 6) is 0.344. The van der Waals surface area contributed by atoms with Crippen LogP contribution >= 0.6 is 11.6 Å². The molecule has 0 bridgehead atoms. The Morgan fingerprint density at radius 1 is 1.19 bits per heavy atom. The zero-order valence-electron chi connectivity index (χ0n) is 15.0. The summed E-state index contributed by atoms with van der Waals surface area (Å²) >= 11 is 5.87. The van der Waals surface area contributed by atoms with Gasteiger partial charge in [-0.2, -0.15) is 0 Å². The number of hydrogen-bond donors (Lipinski definition) is 1. The van der Waals surface area contributed by atoms with E-state index >= 15 is 0 Å². The quantitative estimate of drug-likeness (QED) is 0.792. The Morgan fingerprint density at radius 3 is 2.63 bits per heavy atom. The number of piperazine rings is 1. The Hall–Kier alpha value is -2.64. The molecule has 27 heavy (non-hydrogen) atoms. The summed E-state index contributed by atoms with van der Waals surface area (Å²) in [5, 5.41) is 3.44. The Bertz CT molecular complexity index is 805. The van der Waals surface area contributed by atoms with Gasteiger partial charge in [0.25, 0.3) is 0 Å². The fraction of sp³-hybridized carbons (Fsp3) is 0.316. The maximum atomic E-state index is 12.3. The van der Waals surface area contributed by atoms with Gasteiger partial charge in [0.2, 0.25) is 5.91 Å². The molecular formula is C19H21ClN4O3. The molecule has 0 radical (unpaired) electrons. The van der Waals surface area contributed by atoms with Gasteiger partial charge in [0.05, 0.1) is 24.2 Å². The number of esters is 1. The van der Waals surface area contributed by atoms with E-state index in [0.717, 1.165) is 32.0 Å². The van der Waals surface area contributed by atoms with Gasteiger partial charge in [-0.1, -0.05) is 17.7 Å². The minimum Gasteiger partial charge on any atom is -0.465 e. The van der Waals surface area contributed by atoms with Crippen LogP contribution in [0.25, 0.3) is 0 Å². The molecule has 142 valence electrons. The molecule has 1 N–H and O–H groups in total. The number of ether oxygens (including phenoxy) is 1. The third-order valence-corrected chi connectivity index (χ3v) is 4.57. The topological polar surface area (TPSA) is 74.8 Å². The lowest BCUT2D eigenvalue weighted by Crippen LogP contribution is -2.48. The molecule has 0 spiro atoms. The molecule has 2 heterocycles. The number of benzene rings is 1. The summed E-state index contributed by atoms with van der Waals surface area (Å²) < 4.78 is 4.69. The van der Waals surface area contributed by atoms with Crippen LogP contribution in [0.15, 0.2) is 42.6 Å². The fourth-order valence-corrected chi connectivity index (χ4v) is 3.05. The summed E-state index contributed by atoms with van der Waals surface area (Å²) in [4.78, 5) is 32.5. The number of halogens is 1. The van der Waals surface area contributed by atoms with Crippen LogP contribution in [-0.4, -0.2) is 61.6 Å². The lowest BCUT2D eigenvalue weighted by molar-refractivity contribution is -0.117. The maximum Gasteiger partial charge on any atom is 0.337 e. The molecule has 7 nitrogen and oxygen atoms in total. The van der Waals surface area contributed by atoms with Crippen LogP contribution in [0.1, 0.15) is 10.4 Å². The van der Waals surface area contributed by atoms with Gasteiger partial charge in [-0.25, -0.2) is 9.78 Å². The standard InChI is InChI=1S/C19H21ClN4O3/c1-27-19(26)14-3-2-4-16(11-14)22-18(25)13-23-7-9-24(10-8-23)17-6-5-15(20)12-21-17/h2-6,11-12H,7-10,13H2,1H3,(H,22,25). The number of carbonyl (C=O) groups is 2. The van der Waals surface area contributed by atoms with E-state index in [0.29, 0.717) is 22.8 Å². The zero-order valence-corrected chi connectivity index (χ0v) is 15.8. The number of anilines is 2. The van der Waals surface area contributed by atoms with E-state index < -0.39 is 5.97 Å². The van der Waals surface area contributed by atoms with Gasteiger partial charge in [0.15, 0.2) is 0 Å². The van der Waals surface area contributed by atoms with Crippen molar-refractivity contribution in [1.29, 1.82) is 0 Å². The Balaban J connectivity index is 1.49. The van der Waals surface area contributed by atoms with Gasteiger partial charge in [-0.05, 0) is 30.3 Å². The minimum absolute atomic E-state index is 0.116. The molecule has 1 fully saturated rings. The van der Waals surface area contributed by atoms with E-state index in [1.54, 1.807) is 30.5 Å². The summed E-state index contributed by atoms with van der Waals surface area (Å²) in [7, 11) is 1.33. The Labute approximate surface area is 162 Å². The number of aromatic nitrogens is 1. The highest BCUT2D eigenvalue weighted by Gasteiger charge is 2.20. The Kier molecular flexibility index (Phi) is 6.26. The van der Waals surface area contributed by atoms with Gasteiger partial charge in [-0.15, -0.1) is 0 Å². The number of amides is 1. The molecule has 1 aromatic heterocycles. The third-order valence-electron chi connectivity index (χ3n) is 4.34. The van der Waals surface area contributed by atoms with Crippen molar-refractivity contribution >= 4 is 35.0 Å². The summed E-state index contributed by atoms with van der Waals surface area (Å²) in [6.07, 6.45) is 1.64. The molecule has 0 unspecified atom stereocenters. The van der Waals surface area contributed by atoms with E-state index in [1.165, 1.54) is 7.11 Å². The molecule has 1 aromatic carbocycles. The number of carbonyl (C=O) groups excluding carboxylic acids is 2. The second-order valence-electron chi connectivity index (χ2n) is 6.22. The van der Waals surface area contributed by atoms with Gasteiger partial charge < -0.3 is 15.0 Å². The summed E-state index contributed by atoms with van der Waals surface area (Å²) in [6, 6.07) is 10.4. The van der Waals surface area contributed by atoms with E-state index in [4.69, 9.17) is 16.3 Å². The predicted octanol–water partition coefficient (Wildman–Crippen LogP) is 2.28. The highest BCUT2D eigenvalue weighted by Crippen LogP contribution is 2.16. The van der Waals surface area contributed by atoms with Gasteiger partial charge in [-0.3, -0.25) is 9.69 Å². The molecule has 0 atom stereocenters. The molecule has 1 saturated heterocycles. The van der Waals surface area contributed by atoms with Gasteiger partial charge in [0, 0.05) is 38.1 Å². The number of nitrogens with one attached hydrogen (secondary N) is 1. The van der Waals surface area contributed by atoms with Crippen LogP contribution < -0.4 is 10.2 Å². The number of hydrogen-bond acceptors (Lipinski definition) is 6. The van der Waals surface area contributed by atoms with E-state index in [9.17, 15) is 9.59 Å². The first-order valence-corrected chi connectivity index (χ1v) is 9.00. The molecule has 0 aliphatic carbocycles. The van der Waals surface area contributed by atoms with Crippen molar-refractivity contribution < 1.29 is 14.3 Å². The largest absolute Gasteiger partial charge is 0.465 e. The number of rotatable bonds is 5. The van der Waals surface area contributed by atoms with E-state index in [1.807, 2.05) is 12.1 Å². The molecular weight excluding hydrogens is 368 g/mol. The van der Waals surface area contributed by atoms with Crippen LogP contribution in [0.4, 0.5) is 11.5 Å². The second kappa shape index (κ2) is 8.83. The van der Waals surface area contributed by atoms with Crippen molar-refractivity contribution in [3.63, 3.8) is 0 Å². The third kappa shape index (κ3) is 5.18. The van der Waals surface area contributed by atoms with Crippen LogP contribution in [0.2, 0.25) is 5.02 Å². The predicted molar refractivity (Wildman–Crippen MR) is 104 cm³/mol. The van der Waals surface area contributed by atoms with Crippen LogP contribution in [0.5, 0.6) is 0 Å². The zero-order chi connectivity index (χ0) is 19.2. The first-order valence-electron chi connectivity index (χ1n) is 8.62. The van der Waals surface area contributed by atoms with Gasteiger partial charge >= 0.3 is 5.97 Å². The summed E-state index contributed by atoms with van der Waals surface area (Å²) in [6.45, 7) is 3.41. The normalized spacial score (nSPS) is 14.7. The number of methoxy groups -OCH3 is 1. The summed E-state index contributed by atoms with van der Waals surface area (Å²) in [5.41, 5.74) is 0.978. The van der Waals surface area contributed by atoms with E-state index in [-0.39, 0.29) is 5.91 Å². The minimum atomic E-state index is -0.432. The van der Waals surface area contributed by atoms with Crippen molar-refractivity contribution in [2.75, 3.05) is 50.1 Å². The first-order chi connectivity index (χ1) is 13.0. The number of pyridine rings is 1. The molecule has 0 saturated carbocycles. The van der Waals surface area contributed by atoms with Crippen molar-refractivity contribution in [3.8, 4) is 0 Å². The second-order valence-corrected chi connectivity index (χ2v) is 6.65. The van der Waals surface area contributed by atoms with Crippen LogP contribution in [-0.2, 0) is 9.53 Å². The lowest BCUT2D eigenvalue weighted by Gasteiger charge is -2.35. The molecule has 1 amide bonds. The van der Waals surface area contributed by atoms with Crippen molar-refractivity contribution in [2.24, 2.45) is 0 Å². The SMILES string of the molecule is COC(=O)c1cccc(NC(=O)CN2CCN(c3ccc(Cl)cn3)CC2)c1. The average molecular weight is 389 g/mol. The monoisotopic (exact) mass is 388 g/mol. The lowest BCUT2D eigenvalue weighted by atomic mass is 10.2. The van der Waals surface area contributed by atoms with Crippen molar-refractivity contribution in [2.45, 2.75) is 0 Å². The molecule has 3 rings (SSSR count). The first kappa shape index (κ1) is 19.1.